The molecule has 1 heterocycles. The Morgan fingerprint density at radius 1 is 1.13 bits per heavy atom. The first-order valence-corrected chi connectivity index (χ1v) is 10.1. The normalized spacial score (nSPS) is 18.1. The van der Waals surface area contributed by atoms with Gasteiger partial charge in [-0.3, -0.25) is 9.59 Å². The second-order valence-corrected chi connectivity index (χ2v) is 7.46. The van der Waals surface area contributed by atoms with Crippen LogP contribution in [0.5, 0.6) is 5.75 Å². The summed E-state index contributed by atoms with van der Waals surface area (Å²) < 4.78 is 10.6. The zero-order valence-electron chi connectivity index (χ0n) is 16.5. The number of carbonyl (C=O) groups excluding carboxylic acids is 2. The van der Waals surface area contributed by atoms with Crippen LogP contribution in [-0.2, 0) is 14.3 Å². The number of nitrogens with zero attached hydrogens (tertiary/aromatic N) is 1. The lowest BCUT2D eigenvalue weighted by Crippen LogP contribution is -2.32. The van der Waals surface area contributed by atoms with Crippen molar-refractivity contribution in [2.75, 3.05) is 26.9 Å². The van der Waals surface area contributed by atoms with Gasteiger partial charge in [0.1, 0.15) is 11.5 Å². The SMILES string of the molecule is CCOc1ccc(Cl)c(/C(O)=C2\C(=O)C(=O)N(CCOC)C2c2ccc(Cl)cc2)c1. The van der Waals surface area contributed by atoms with Gasteiger partial charge in [-0.15, -0.1) is 0 Å². The molecule has 6 nitrogen and oxygen atoms in total. The Bertz CT molecular complexity index is 988. The van der Waals surface area contributed by atoms with E-state index in [-0.39, 0.29) is 35.1 Å². The van der Waals surface area contributed by atoms with Crippen LogP contribution in [0, 0.1) is 0 Å². The lowest BCUT2D eigenvalue weighted by molar-refractivity contribution is -0.140. The molecule has 8 heteroatoms. The van der Waals surface area contributed by atoms with Crippen molar-refractivity contribution in [2.45, 2.75) is 13.0 Å². The minimum Gasteiger partial charge on any atom is -0.507 e. The number of rotatable bonds is 7. The van der Waals surface area contributed by atoms with E-state index < -0.39 is 17.7 Å². The number of aliphatic hydroxyl groups is 1. The van der Waals surface area contributed by atoms with Crippen LogP contribution >= 0.6 is 23.2 Å². The van der Waals surface area contributed by atoms with Gasteiger partial charge >= 0.3 is 0 Å². The number of ether oxygens (including phenoxy) is 2. The molecule has 0 bridgehead atoms. The molecule has 3 rings (SSSR count). The third-order valence-corrected chi connectivity index (χ3v) is 5.35. The van der Waals surface area contributed by atoms with Crippen molar-refractivity contribution in [1.82, 2.24) is 4.90 Å². The van der Waals surface area contributed by atoms with Crippen molar-refractivity contribution in [2.24, 2.45) is 0 Å². The van der Waals surface area contributed by atoms with Crippen molar-refractivity contribution >= 4 is 40.7 Å². The number of methoxy groups -OCH3 is 1. The Labute approximate surface area is 184 Å². The van der Waals surface area contributed by atoms with Crippen molar-refractivity contribution in [3.63, 3.8) is 0 Å². The maximum Gasteiger partial charge on any atom is 0.295 e. The molecular formula is C22H21Cl2NO5. The van der Waals surface area contributed by atoms with Gasteiger partial charge in [-0.1, -0.05) is 35.3 Å². The summed E-state index contributed by atoms with van der Waals surface area (Å²) in [6.45, 7) is 2.67. The van der Waals surface area contributed by atoms with Gasteiger partial charge in [-0.05, 0) is 42.8 Å². The fourth-order valence-electron chi connectivity index (χ4n) is 3.38. The molecule has 1 N–H and O–H groups in total. The Hall–Kier alpha value is -2.54. The molecule has 1 saturated heterocycles. The van der Waals surface area contributed by atoms with E-state index in [0.717, 1.165) is 0 Å². The first-order valence-electron chi connectivity index (χ1n) is 9.34. The third kappa shape index (κ3) is 4.31. The van der Waals surface area contributed by atoms with Crippen LogP contribution in [0.2, 0.25) is 10.0 Å². The van der Waals surface area contributed by atoms with E-state index in [1.165, 1.54) is 12.0 Å². The number of likely N-dealkylation sites (tertiary alicyclic amines) is 1. The summed E-state index contributed by atoms with van der Waals surface area (Å²) in [5, 5.41) is 11.8. The fourth-order valence-corrected chi connectivity index (χ4v) is 3.71. The van der Waals surface area contributed by atoms with Gasteiger partial charge in [-0.2, -0.15) is 0 Å². The molecule has 1 aliphatic rings. The van der Waals surface area contributed by atoms with Crippen LogP contribution in [0.3, 0.4) is 0 Å². The van der Waals surface area contributed by atoms with Gasteiger partial charge in [0.15, 0.2) is 0 Å². The highest BCUT2D eigenvalue weighted by atomic mass is 35.5. The topological polar surface area (TPSA) is 76.1 Å². The predicted octanol–water partition coefficient (Wildman–Crippen LogP) is 4.46. The number of hydrogen-bond donors (Lipinski definition) is 1. The lowest BCUT2D eigenvalue weighted by atomic mass is 9.95. The number of amides is 1. The summed E-state index contributed by atoms with van der Waals surface area (Å²) in [4.78, 5) is 27.0. The molecule has 1 aliphatic heterocycles. The number of halogens is 2. The Morgan fingerprint density at radius 3 is 2.47 bits per heavy atom. The monoisotopic (exact) mass is 449 g/mol. The molecular weight excluding hydrogens is 429 g/mol. The summed E-state index contributed by atoms with van der Waals surface area (Å²) in [5.41, 5.74) is 0.800. The van der Waals surface area contributed by atoms with E-state index in [2.05, 4.69) is 0 Å². The summed E-state index contributed by atoms with van der Waals surface area (Å²) in [7, 11) is 1.51. The molecule has 30 heavy (non-hydrogen) atoms. The summed E-state index contributed by atoms with van der Waals surface area (Å²) in [6.07, 6.45) is 0. The summed E-state index contributed by atoms with van der Waals surface area (Å²) in [5.74, 6) is -1.38. The van der Waals surface area contributed by atoms with E-state index in [0.29, 0.717) is 22.9 Å². The van der Waals surface area contributed by atoms with Crippen molar-refractivity contribution in [3.8, 4) is 5.75 Å². The molecule has 0 aromatic heterocycles. The highest BCUT2D eigenvalue weighted by molar-refractivity contribution is 6.47. The lowest BCUT2D eigenvalue weighted by Gasteiger charge is -2.25. The Kier molecular flexibility index (Phi) is 7.02. The fraction of sp³-hybridized carbons (Fsp3) is 0.273. The second-order valence-electron chi connectivity index (χ2n) is 6.61. The molecule has 1 fully saturated rings. The van der Waals surface area contributed by atoms with Gasteiger partial charge in [0.25, 0.3) is 11.7 Å². The average Bonchev–Trinajstić information content (AvgIpc) is 2.98. The molecule has 0 radical (unpaired) electrons. The molecule has 0 saturated carbocycles. The second kappa shape index (κ2) is 9.51. The van der Waals surface area contributed by atoms with Gasteiger partial charge in [0, 0.05) is 24.2 Å². The van der Waals surface area contributed by atoms with Crippen LogP contribution in [0.1, 0.15) is 24.1 Å². The number of ketones is 1. The molecule has 0 spiro atoms. The van der Waals surface area contributed by atoms with Crippen LogP contribution < -0.4 is 4.74 Å². The number of carbonyl (C=O) groups is 2. The van der Waals surface area contributed by atoms with Crippen LogP contribution in [0.25, 0.3) is 5.76 Å². The molecule has 2 aromatic carbocycles. The van der Waals surface area contributed by atoms with E-state index in [9.17, 15) is 14.7 Å². The minimum atomic E-state index is -0.802. The van der Waals surface area contributed by atoms with Gasteiger partial charge in [0.2, 0.25) is 0 Å². The molecule has 158 valence electrons. The van der Waals surface area contributed by atoms with Crippen molar-refractivity contribution < 1.29 is 24.2 Å². The molecule has 1 unspecified atom stereocenters. The highest BCUT2D eigenvalue weighted by Gasteiger charge is 2.46. The Balaban J connectivity index is 2.18. The van der Waals surface area contributed by atoms with E-state index in [1.807, 2.05) is 6.92 Å². The highest BCUT2D eigenvalue weighted by Crippen LogP contribution is 2.41. The zero-order chi connectivity index (χ0) is 21.8. The standard InChI is InChI=1S/C22H21Cl2NO5/c1-3-30-15-8-9-17(24)16(12-15)20(26)18-19(13-4-6-14(23)7-5-13)25(10-11-29-2)22(28)21(18)27/h4-9,12,19,26H,3,10-11H2,1-2H3/b20-18+. The first-order chi connectivity index (χ1) is 14.4. The van der Waals surface area contributed by atoms with Gasteiger partial charge in [0.05, 0.1) is 29.9 Å². The minimum absolute atomic E-state index is 0.0472. The van der Waals surface area contributed by atoms with E-state index in [4.69, 9.17) is 32.7 Å². The summed E-state index contributed by atoms with van der Waals surface area (Å²) in [6, 6.07) is 10.7. The summed E-state index contributed by atoms with van der Waals surface area (Å²) >= 11 is 12.3. The number of benzene rings is 2. The van der Waals surface area contributed by atoms with E-state index in [1.54, 1.807) is 42.5 Å². The average molecular weight is 450 g/mol. The van der Waals surface area contributed by atoms with Gasteiger partial charge < -0.3 is 19.5 Å². The van der Waals surface area contributed by atoms with Crippen LogP contribution in [-0.4, -0.2) is 48.6 Å². The molecule has 0 aliphatic carbocycles. The maximum absolute atomic E-state index is 12.9. The Morgan fingerprint density at radius 2 is 1.83 bits per heavy atom. The number of Topliss-reactive ketones (excluding diaryl/α,β-unsaturated/α-hetero) is 1. The van der Waals surface area contributed by atoms with Crippen LogP contribution in [0.15, 0.2) is 48.0 Å². The molecule has 2 aromatic rings. The van der Waals surface area contributed by atoms with Crippen LogP contribution in [0.4, 0.5) is 0 Å². The third-order valence-electron chi connectivity index (χ3n) is 4.77. The number of hydrogen-bond acceptors (Lipinski definition) is 5. The first kappa shape index (κ1) is 22.2. The maximum atomic E-state index is 12.9. The largest absolute Gasteiger partial charge is 0.507 e. The predicted molar refractivity (Wildman–Crippen MR) is 115 cm³/mol. The number of aliphatic hydroxyl groups excluding tert-OH is 1. The van der Waals surface area contributed by atoms with Gasteiger partial charge in [-0.25, -0.2) is 0 Å². The van der Waals surface area contributed by atoms with Crippen molar-refractivity contribution in [1.29, 1.82) is 0 Å². The molecule has 1 amide bonds. The van der Waals surface area contributed by atoms with Crippen molar-refractivity contribution in [3.05, 3.63) is 69.2 Å². The molecule has 1 atom stereocenters. The van der Waals surface area contributed by atoms with E-state index >= 15 is 0 Å². The zero-order valence-corrected chi connectivity index (χ0v) is 18.0. The quantitative estimate of drug-likeness (QED) is 0.383. The smallest absolute Gasteiger partial charge is 0.295 e.